The van der Waals surface area contributed by atoms with Crippen LogP contribution >= 0.6 is 11.3 Å². The van der Waals surface area contributed by atoms with Gasteiger partial charge >= 0.3 is 0 Å². The van der Waals surface area contributed by atoms with Crippen molar-refractivity contribution in [1.82, 2.24) is 10.2 Å². The molecular formula is C15H22N2O3S. The van der Waals surface area contributed by atoms with Crippen molar-refractivity contribution in [2.75, 3.05) is 26.7 Å². The minimum Gasteiger partial charge on any atom is -0.374 e. The van der Waals surface area contributed by atoms with Crippen molar-refractivity contribution in [3.05, 3.63) is 22.4 Å². The second-order valence-corrected chi connectivity index (χ2v) is 6.11. The van der Waals surface area contributed by atoms with Crippen LogP contribution in [0, 0.1) is 0 Å². The summed E-state index contributed by atoms with van der Waals surface area (Å²) in [4.78, 5) is 26.2. The fraction of sp³-hybridized carbons (Fsp3) is 0.600. The molecule has 5 nitrogen and oxygen atoms in total. The number of hydrogen-bond donors (Lipinski definition) is 1. The molecule has 1 saturated heterocycles. The SMILES string of the molecule is COC(CNC(=O)CCCN1CCCC1=O)c1cccs1. The van der Waals surface area contributed by atoms with Gasteiger partial charge in [0.25, 0.3) is 0 Å². The van der Waals surface area contributed by atoms with Gasteiger partial charge in [-0.05, 0) is 24.3 Å². The first-order valence-electron chi connectivity index (χ1n) is 7.31. The molecule has 0 aromatic carbocycles. The summed E-state index contributed by atoms with van der Waals surface area (Å²) in [6.45, 7) is 2.01. The Kier molecular flexibility index (Phi) is 6.20. The number of likely N-dealkylation sites (tertiary alicyclic amines) is 1. The van der Waals surface area contributed by atoms with E-state index in [1.54, 1.807) is 18.4 Å². The van der Waals surface area contributed by atoms with Crippen molar-refractivity contribution in [3.63, 3.8) is 0 Å². The molecule has 21 heavy (non-hydrogen) atoms. The number of nitrogens with zero attached hydrogens (tertiary/aromatic N) is 1. The van der Waals surface area contributed by atoms with Crippen LogP contribution in [0.1, 0.15) is 36.7 Å². The highest BCUT2D eigenvalue weighted by Crippen LogP contribution is 2.21. The smallest absolute Gasteiger partial charge is 0.222 e. The fourth-order valence-corrected chi connectivity index (χ4v) is 3.24. The zero-order valence-electron chi connectivity index (χ0n) is 12.3. The quantitative estimate of drug-likeness (QED) is 0.798. The number of rotatable bonds is 8. The minimum absolute atomic E-state index is 0.0141. The Balaban J connectivity index is 1.64. The maximum atomic E-state index is 11.8. The zero-order chi connectivity index (χ0) is 15.1. The van der Waals surface area contributed by atoms with Gasteiger partial charge in [-0.25, -0.2) is 0 Å². The molecule has 1 aliphatic heterocycles. The van der Waals surface area contributed by atoms with E-state index >= 15 is 0 Å². The molecule has 0 saturated carbocycles. The highest BCUT2D eigenvalue weighted by atomic mass is 32.1. The first kappa shape index (κ1) is 16.0. The number of ether oxygens (including phenoxy) is 1. The summed E-state index contributed by atoms with van der Waals surface area (Å²) in [5.74, 6) is 0.229. The lowest BCUT2D eigenvalue weighted by molar-refractivity contribution is -0.128. The highest BCUT2D eigenvalue weighted by molar-refractivity contribution is 7.10. The molecule has 1 aliphatic rings. The summed E-state index contributed by atoms with van der Waals surface area (Å²) in [6, 6.07) is 3.98. The molecule has 1 N–H and O–H groups in total. The highest BCUT2D eigenvalue weighted by Gasteiger charge is 2.19. The first-order valence-corrected chi connectivity index (χ1v) is 8.19. The molecule has 116 valence electrons. The summed E-state index contributed by atoms with van der Waals surface area (Å²) in [5, 5.41) is 4.89. The largest absolute Gasteiger partial charge is 0.374 e. The van der Waals surface area contributed by atoms with Crippen LogP contribution in [-0.2, 0) is 14.3 Å². The maximum absolute atomic E-state index is 11.8. The Hall–Kier alpha value is -1.40. The molecule has 1 aromatic heterocycles. The van der Waals surface area contributed by atoms with Gasteiger partial charge in [-0.15, -0.1) is 11.3 Å². The number of thiophene rings is 1. The summed E-state index contributed by atoms with van der Waals surface area (Å²) < 4.78 is 5.39. The molecule has 0 radical (unpaired) electrons. The summed E-state index contributed by atoms with van der Waals surface area (Å²) in [5.41, 5.74) is 0. The molecule has 1 unspecified atom stereocenters. The Labute approximate surface area is 129 Å². The molecular weight excluding hydrogens is 288 g/mol. The molecule has 1 aromatic rings. The maximum Gasteiger partial charge on any atom is 0.222 e. The average Bonchev–Trinajstić information content (AvgIpc) is 3.12. The topological polar surface area (TPSA) is 58.6 Å². The van der Waals surface area contributed by atoms with Crippen molar-refractivity contribution in [3.8, 4) is 0 Å². The van der Waals surface area contributed by atoms with E-state index in [0.29, 0.717) is 32.4 Å². The van der Waals surface area contributed by atoms with Gasteiger partial charge in [-0.1, -0.05) is 6.07 Å². The Morgan fingerprint density at radius 2 is 2.43 bits per heavy atom. The zero-order valence-corrected chi connectivity index (χ0v) is 13.2. The lowest BCUT2D eigenvalue weighted by atomic mass is 10.2. The van der Waals surface area contributed by atoms with Crippen LogP contribution in [0.4, 0.5) is 0 Å². The van der Waals surface area contributed by atoms with Crippen LogP contribution in [-0.4, -0.2) is 43.5 Å². The number of carbonyl (C=O) groups excluding carboxylic acids is 2. The van der Waals surface area contributed by atoms with Crippen LogP contribution in [0.15, 0.2) is 17.5 Å². The molecule has 0 aliphatic carbocycles. The van der Waals surface area contributed by atoms with Crippen LogP contribution in [0.3, 0.4) is 0 Å². The van der Waals surface area contributed by atoms with Crippen LogP contribution < -0.4 is 5.32 Å². The van der Waals surface area contributed by atoms with Gasteiger partial charge in [0.05, 0.1) is 0 Å². The van der Waals surface area contributed by atoms with Crippen molar-refractivity contribution in [2.24, 2.45) is 0 Å². The number of amides is 2. The summed E-state index contributed by atoms with van der Waals surface area (Å²) >= 11 is 1.62. The van der Waals surface area contributed by atoms with E-state index in [0.717, 1.165) is 17.8 Å². The van der Waals surface area contributed by atoms with Gasteiger partial charge < -0.3 is 15.0 Å². The summed E-state index contributed by atoms with van der Waals surface area (Å²) in [7, 11) is 1.65. The van der Waals surface area contributed by atoms with Gasteiger partial charge in [-0.3, -0.25) is 9.59 Å². The second kappa shape index (κ2) is 8.14. The molecule has 0 spiro atoms. The van der Waals surface area contributed by atoms with Crippen LogP contribution in [0.2, 0.25) is 0 Å². The van der Waals surface area contributed by atoms with Crippen molar-refractivity contribution < 1.29 is 14.3 Å². The van der Waals surface area contributed by atoms with Crippen LogP contribution in [0.5, 0.6) is 0 Å². The summed E-state index contributed by atoms with van der Waals surface area (Å²) in [6.07, 6.45) is 2.68. The predicted octanol–water partition coefficient (Wildman–Crippen LogP) is 1.95. The van der Waals surface area contributed by atoms with Crippen molar-refractivity contribution in [2.45, 2.75) is 31.8 Å². The number of methoxy groups -OCH3 is 1. The molecule has 6 heteroatoms. The average molecular weight is 310 g/mol. The Bertz CT molecular complexity index is 461. The van der Waals surface area contributed by atoms with Gasteiger partial charge in [-0.2, -0.15) is 0 Å². The van der Waals surface area contributed by atoms with E-state index in [9.17, 15) is 9.59 Å². The van der Waals surface area contributed by atoms with Gasteiger partial charge in [0.15, 0.2) is 0 Å². The fourth-order valence-electron chi connectivity index (χ4n) is 2.44. The van der Waals surface area contributed by atoms with E-state index in [-0.39, 0.29) is 17.9 Å². The third-order valence-electron chi connectivity index (χ3n) is 3.63. The van der Waals surface area contributed by atoms with Crippen molar-refractivity contribution in [1.29, 1.82) is 0 Å². The third-order valence-corrected chi connectivity index (χ3v) is 4.60. The van der Waals surface area contributed by atoms with Crippen molar-refractivity contribution >= 4 is 23.2 Å². The lowest BCUT2D eigenvalue weighted by Gasteiger charge is -2.16. The number of carbonyl (C=O) groups is 2. The molecule has 2 rings (SSSR count). The normalized spacial score (nSPS) is 16.2. The standard InChI is InChI=1S/C15H22N2O3S/c1-20-12(13-5-4-10-21-13)11-16-14(18)6-2-8-17-9-3-7-15(17)19/h4-5,10,12H,2-3,6-9,11H2,1H3,(H,16,18). The first-order chi connectivity index (χ1) is 10.2. The van der Waals surface area contributed by atoms with E-state index in [2.05, 4.69) is 5.32 Å². The lowest BCUT2D eigenvalue weighted by Crippen LogP contribution is -2.30. The van der Waals surface area contributed by atoms with E-state index in [1.807, 2.05) is 22.4 Å². The Morgan fingerprint density at radius 1 is 1.57 bits per heavy atom. The molecule has 0 bridgehead atoms. The van der Waals surface area contributed by atoms with Gasteiger partial charge in [0.2, 0.25) is 11.8 Å². The van der Waals surface area contributed by atoms with Gasteiger partial charge in [0.1, 0.15) is 6.10 Å². The molecule has 2 amide bonds. The second-order valence-electron chi connectivity index (χ2n) is 5.13. The number of hydrogen-bond acceptors (Lipinski definition) is 4. The van der Waals surface area contributed by atoms with Crippen LogP contribution in [0.25, 0.3) is 0 Å². The Morgan fingerprint density at radius 3 is 3.05 bits per heavy atom. The predicted molar refractivity (Wildman–Crippen MR) is 82.1 cm³/mol. The van der Waals surface area contributed by atoms with E-state index in [4.69, 9.17) is 4.74 Å². The van der Waals surface area contributed by atoms with E-state index in [1.165, 1.54) is 0 Å². The minimum atomic E-state index is -0.0888. The third kappa shape index (κ3) is 4.82. The number of nitrogens with one attached hydrogen (secondary N) is 1. The molecule has 2 heterocycles. The monoisotopic (exact) mass is 310 g/mol. The molecule has 1 fully saturated rings. The van der Waals surface area contributed by atoms with E-state index < -0.39 is 0 Å². The molecule has 1 atom stereocenters. The van der Waals surface area contributed by atoms with Gasteiger partial charge in [0, 0.05) is 44.5 Å².